The van der Waals surface area contributed by atoms with Crippen molar-refractivity contribution in [3.63, 3.8) is 0 Å². The van der Waals surface area contributed by atoms with Crippen LogP contribution in [0.4, 0.5) is 0 Å². The second kappa shape index (κ2) is 7.71. The van der Waals surface area contributed by atoms with E-state index in [-0.39, 0.29) is 5.78 Å². The van der Waals surface area contributed by atoms with Crippen molar-refractivity contribution in [2.24, 2.45) is 5.10 Å². The predicted octanol–water partition coefficient (Wildman–Crippen LogP) is 3.12. The van der Waals surface area contributed by atoms with Crippen molar-refractivity contribution < 1.29 is 4.79 Å². The molecule has 0 amide bonds. The summed E-state index contributed by atoms with van der Waals surface area (Å²) in [5.41, 5.74) is 2.12. The summed E-state index contributed by atoms with van der Waals surface area (Å²) in [5.74, 6) is 4.98. The summed E-state index contributed by atoms with van der Waals surface area (Å²) in [7, 11) is 0. The minimum Gasteiger partial charge on any atom is -0.280 e. The summed E-state index contributed by atoms with van der Waals surface area (Å²) in [6, 6.07) is 0. The maximum absolute atomic E-state index is 11.4. The number of hydrazone groups is 1. The van der Waals surface area contributed by atoms with Gasteiger partial charge in [0.2, 0.25) is 5.78 Å². The van der Waals surface area contributed by atoms with Crippen LogP contribution < -0.4 is 0 Å². The van der Waals surface area contributed by atoms with Gasteiger partial charge in [0.05, 0.1) is 0 Å². The molecule has 1 aliphatic carbocycles. The van der Waals surface area contributed by atoms with Gasteiger partial charge in [-0.05, 0) is 52.4 Å². The molecule has 98 valence electrons. The molecular weight excluding hydrogens is 224 g/mol. The van der Waals surface area contributed by atoms with E-state index in [1.807, 2.05) is 18.9 Å². The molecule has 0 saturated heterocycles. The van der Waals surface area contributed by atoms with Crippen molar-refractivity contribution in [2.45, 2.75) is 52.9 Å². The Hall–Kier alpha value is -1.56. The van der Waals surface area contributed by atoms with Gasteiger partial charge in [-0.15, -0.1) is 0 Å². The number of nitrogens with zero attached hydrogens (tertiary/aromatic N) is 2. The second-order valence-corrected chi connectivity index (χ2v) is 4.47. The number of rotatable bonds is 4. The van der Waals surface area contributed by atoms with E-state index in [9.17, 15) is 4.79 Å². The largest absolute Gasteiger partial charge is 0.280 e. The van der Waals surface area contributed by atoms with E-state index < -0.39 is 0 Å². The van der Waals surface area contributed by atoms with Gasteiger partial charge in [-0.25, -0.2) is 0 Å². The highest BCUT2D eigenvalue weighted by atomic mass is 16.1. The molecular formula is C15H22N2O. The summed E-state index contributed by atoms with van der Waals surface area (Å²) >= 11 is 0. The zero-order chi connectivity index (χ0) is 13.4. The molecule has 0 heterocycles. The molecule has 0 unspecified atom stereocenters. The zero-order valence-electron chi connectivity index (χ0n) is 11.6. The number of carbonyl (C=O) groups excluding carboxylic acids is 1. The molecule has 0 bridgehead atoms. The van der Waals surface area contributed by atoms with Crippen molar-refractivity contribution in [2.75, 3.05) is 6.54 Å². The molecule has 0 aromatic rings. The highest BCUT2D eigenvalue weighted by Crippen LogP contribution is 2.16. The number of carbonyl (C=O) groups is 1. The first-order chi connectivity index (χ1) is 8.67. The van der Waals surface area contributed by atoms with E-state index in [2.05, 4.69) is 16.9 Å². The SMILES string of the molecule is CC#CC(=O)/C=C(\C)N(CC)N=C1CCCCC1. The molecule has 0 radical (unpaired) electrons. The Kier molecular flexibility index (Phi) is 6.21. The van der Waals surface area contributed by atoms with Gasteiger partial charge in [0.15, 0.2) is 0 Å². The van der Waals surface area contributed by atoms with Crippen molar-refractivity contribution in [1.29, 1.82) is 0 Å². The lowest BCUT2D eigenvalue weighted by Gasteiger charge is -2.21. The fourth-order valence-electron chi connectivity index (χ4n) is 2.05. The van der Waals surface area contributed by atoms with Crippen LogP contribution in [0.2, 0.25) is 0 Å². The van der Waals surface area contributed by atoms with Crippen LogP contribution in [0.1, 0.15) is 52.9 Å². The Labute approximate surface area is 110 Å². The molecule has 18 heavy (non-hydrogen) atoms. The number of hydrogen-bond acceptors (Lipinski definition) is 3. The van der Waals surface area contributed by atoms with Gasteiger partial charge in [0.1, 0.15) is 0 Å². The van der Waals surface area contributed by atoms with Crippen molar-refractivity contribution in [3.05, 3.63) is 11.8 Å². The third kappa shape index (κ3) is 4.75. The first kappa shape index (κ1) is 14.5. The van der Waals surface area contributed by atoms with E-state index in [1.165, 1.54) is 25.0 Å². The van der Waals surface area contributed by atoms with Crippen molar-refractivity contribution in [3.8, 4) is 11.8 Å². The van der Waals surface area contributed by atoms with Crippen LogP contribution in [0.25, 0.3) is 0 Å². The van der Waals surface area contributed by atoms with Gasteiger partial charge in [-0.1, -0.05) is 12.3 Å². The maximum atomic E-state index is 11.4. The molecule has 3 heteroatoms. The average Bonchev–Trinajstić information content (AvgIpc) is 2.37. The average molecular weight is 246 g/mol. The molecule has 0 atom stereocenters. The minimum atomic E-state index is -0.155. The van der Waals surface area contributed by atoms with Crippen LogP contribution in [-0.4, -0.2) is 23.0 Å². The molecule has 1 saturated carbocycles. The van der Waals surface area contributed by atoms with Crippen molar-refractivity contribution >= 4 is 11.5 Å². The number of hydrogen-bond donors (Lipinski definition) is 0. The van der Waals surface area contributed by atoms with E-state index in [0.29, 0.717) is 0 Å². The van der Waals surface area contributed by atoms with Crippen LogP contribution in [0, 0.1) is 11.8 Å². The van der Waals surface area contributed by atoms with Gasteiger partial charge in [0.25, 0.3) is 0 Å². The Morgan fingerprint density at radius 1 is 1.39 bits per heavy atom. The maximum Gasteiger partial charge on any atom is 0.230 e. The fraction of sp³-hybridized carbons (Fsp3) is 0.600. The van der Waals surface area contributed by atoms with E-state index in [4.69, 9.17) is 0 Å². The van der Waals surface area contributed by atoms with E-state index >= 15 is 0 Å². The topological polar surface area (TPSA) is 32.7 Å². The van der Waals surface area contributed by atoms with Crippen LogP contribution in [-0.2, 0) is 4.79 Å². The Bertz CT molecular complexity index is 402. The monoisotopic (exact) mass is 246 g/mol. The quantitative estimate of drug-likeness (QED) is 0.330. The molecule has 1 fully saturated rings. The van der Waals surface area contributed by atoms with Crippen LogP contribution >= 0.6 is 0 Å². The van der Waals surface area contributed by atoms with Gasteiger partial charge in [-0.2, -0.15) is 5.10 Å². The third-order valence-corrected chi connectivity index (χ3v) is 2.99. The summed E-state index contributed by atoms with van der Waals surface area (Å²) in [4.78, 5) is 11.4. The minimum absolute atomic E-state index is 0.155. The molecule has 0 spiro atoms. The van der Waals surface area contributed by atoms with Gasteiger partial charge in [-0.3, -0.25) is 9.80 Å². The molecule has 1 rings (SSSR count). The van der Waals surface area contributed by atoms with Gasteiger partial charge < -0.3 is 0 Å². The molecule has 0 aromatic carbocycles. The highest BCUT2D eigenvalue weighted by molar-refractivity contribution is 6.04. The normalized spacial score (nSPS) is 15.7. The van der Waals surface area contributed by atoms with E-state index in [0.717, 1.165) is 25.1 Å². The van der Waals surface area contributed by atoms with Crippen LogP contribution in [0.15, 0.2) is 16.9 Å². The molecule has 0 aliphatic heterocycles. The second-order valence-electron chi connectivity index (χ2n) is 4.47. The lowest BCUT2D eigenvalue weighted by molar-refractivity contribution is -0.109. The predicted molar refractivity (Wildman–Crippen MR) is 75.1 cm³/mol. The van der Waals surface area contributed by atoms with Gasteiger partial charge in [0, 0.05) is 24.0 Å². The molecule has 3 nitrogen and oxygen atoms in total. The number of ketones is 1. The fourth-order valence-corrected chi connectivity index (χ4v) is 2.05. The van der Waals surface area contributed by atoms with Crippen LogP contribution in [0.5, 0.6) is 0 Å². The Morgan fingerprint density at radius 2 is 2.06 bits per heavy atom. The standard InChI is InChI=1S/C15H22N2O/c1-4-9-15(18)12-13(3)17(5-2)16-14-10-7-6-8-11-14/h12H,5-8,10-11H2,1-3H3/b13-12+. The first-order valence-corrected chi connectivity index (χ1v) is 6.66. The van der Waals surface area contributed by atoms with Gasteiger partial charge >= 0.3 is 0 Å². The summed E-state index contributed by atoms with van der Waals surface area (Å²) in [6.07, 6.45) is 7.52. The summed E-state index contributed by atoms with van der Waals surface area (Å²) < 4.78 is 0. The smallest absolute Gasteiger partial charge is 0.230 e. The van der Waals surface area contributed by atoms with Crippen molar-refractivity contribution in [1.82, 2.24) is 5.01 Å². The highest BCUT2D eigenvalue weighted by Gasteiger charge is 2.09. The molecule has 0 N–H and O–H groups in total. The lowest BCUT2D eigenvalue weighted by atomic mass is 9.99. The number of allylic oxidation sites excluding steroid dienone is 2. The molecule has 0 aromatic heterocycles. The summed E-state index contributed by atoms with van der Waals surface area (Å²) in [5, 5.41) is 6.55. The van der Waals surface area contributed by atoms with Crippen LogP contribution in [0.3, 0.4) is 0 Å². The Balaban J connectivity index is 2.74. The van der Waals surface area contributed by atoms with E-state index in [1.54, 1.807) is 13.0 Å². The third-order valence-electron chi connectivity index (χ3n) is 2.99. The first-order valence-electron chi connectivity index (χ1n) is 6.66. The molecule has 1 aliphatic rings. The Morgan fingerprint density at radius 3 is 2.61 bits per heavy atom. The summed E-state index contributed by atoms with van der Waals surface area (Å²) in [6.45, 7) is 6.39. The lowest BCUT2D eigenvalue weighted by Crippen LogP contribution is -2.19. The zero-order valence-corrected chi connectivity index (χ0v) is 11.6.